The van der Waals surface area contributed by atoms with Gasteiger partial charge in [-0.3, -0.25) is 9.59 Å². The topological polar surface area (TPSA) is 49.4 Å². The summed E-state index contributed by atoms with van der Waals surface area (Å²) >= 11 is 5.95. The minimum Gasteiger partial charge on any atom is -0.356 e. The molecule has 2 rings (SSSR count). The van der Waals surface area contributed by atoms with E-state index in [0.29, 0.717) is 29.2 Å². The lowest BCUT2D eigenvalue weighted by Gasteiger charge is -2.21. The molecule has 4 nitrogen and oxygen atoms in total. The summed E-state index contributed by atoms with van der Waals surface area (Å²) in [5.41, 5.74) is 1.21. The highest BCUT2D eigenvalue weighted by atomic mass is 35.5. The van der Waals surface area contributed by atoms with Crippen LogP contribution in [-0.4, -0.2) is 24.9 Å². The van der Waals surface area contributed by atoms with Gasteiger partial charge in [-0.1, -0.05) is 35.9 Å². The van der Waals surface area contributed by atoms with Crippen LogP contribution in [0, 0.1) is 5.82 Å². The van der Waals surface area contributed by atoms with Crippen molar-refractivity contribution in [2.45, 2.75) is 19.8 Å². The fourth-order valence-electron chi connectivity index (χ4n) is 2.45. The van der Waals surface area contributed by atoms with Crippen LogP contribution in [0.1, 0.15) is 18.9 Å². The third-order valence-corrected chi connectivity index (χ3v) is 3.97. The van der Waals surface area contributed by atoms with Crippen LogP contribution in [0.25, 0.3) is 0 Å². The Kier molecular flexibility index (Phi) is 6.95. The molecular formula is C19H20ClFN2O2. The van der Waals surface area contributed by atoms with Gasteiger partial charge in [0.25, 0.3) is 0 Å². The van der Waals surface area contributed by atoms with Crippen molar-refractivity contribution in [1.29, 1.82) is 0 Å². The number of carbonyl (C=O) groups excluding carboxylic acids is 2. The Bertz CT molecular complexity index is 752. The van der Waals surface area contributed by atoms with Crippen LogP contribution < -0.4 is 10.2 Å². The largest absolute Gasteiger partial charge is 0.356 e. The fraction of sp³-hybridized carbons (Fsp3) is 0.263. The fourth-order valence-corrected chi connectivity index (χ4v) is 2.64. The summed E-state index contributed by atoms with van der Waals surface area (Å²) in [6, 6.07) is 13.4. The van der Waals surface area contributed by atoms with Crippen LogP contribution in [0.2, 0.25) is 5.02 Å². The molecule has 0 heterocycles. The molecule has 0 aliphatic carbocycles. The number of rotatable bonds is 7. The van der Waals surface area contributed by atoms with Gasteiger partial charge in [0.1, 0.15) is 5.82 Å². The standard InChI is InChI=1S/C19H20ClFN2O2/c1-14(24)23(17-7-4-6-16(20)13-17)12-10-19(25)22-11-9-15-5-2-3-8-18(15)21/h2-8,13H,9-12H2,1H3,(H,22,25). The number of anilines is 1. The molecule has 25 heavy (non-hydrogen) atoms. The normalized spacial score (nSPS) is 10.4. The molecule has 2 aromatic rings. The summed E-state index contributed by atoms with van der Waals surface area (Å²) in [6.45, 7) is 2.04. The monoisotopic (exact) mass is 362 g/mol. The quantitative estimate of drug-likeness (QED) is 0.818. The summed E-state index contributed by atoms with van der Waals surface area (Å²) in [5.74, 6) is -0.633. The molecule has 0 aliphatic heterocycles. The van der Waals surface area contributed by atoms with E-state index < -0.39 is 0 Å². The second kappa shape index (κ2) is 9.18. The average molecular weight is 363 g/mol. The average Bonchev–Trinajstić information content (AvgIpc) is 2.56. The molecule has 0 radical (unpaired) electrons. The number of nitrogens with one attached hydrogen (secondary N) is 1. The highest BCUT2D eigenvalue weighted by Crippen LogP contribution is 2.19. The van der Waals surface area contributed by atoms with Gasteiger partial charge >= 0.3 is 0 Å². The Morgan fingerprint density at radius 2 is 1.92 bits per heavy atom. The van der Waals surface area contributed by atoms with E-state index in [4.69, 9.17) is 11.6 Å². The van der Waals surface area contributed by atoms with Gasteiger partial charge in [0.05, 0.1) is 0 Å². The molecule has 0 spiro atoms. The summed E-state index contributed by atoms with van der Waals surface area (Å²) in [5, 5.41) is 3.27. The van der Waals surface area contributed by atoms with Crippen molar-refractivity contribution in [3.63, 3.8) is 0 Å². The minimum atomic E-state index is -0.277. The lowest BCUT2D eigenvalue weighted by atomic mass is 10.1. The number of benzene rings is 2. The van der Waals surface area contributed by atoms with E-state index in [0.717, 1.165) is 0 Å². The van der Waals surface area contributed by atoms with Crippen LogP contribution in [0.4, 0.5) is 10.1 Å². The van der Waals surface area contributed by atoms with Crippen LogP contribution in [-0.2, 0) is 16.0 Å². The Balaban J connectivity index is 1.83. The third kappa shape index (κ3) is 5.87. The first-order chi connectivity index (χ1) is 12.0. The number of hydrogen-bond acceptors (Lipinski definition) is 2. The van der Waals surface area contributed by atoms with Gasteiger partial charge in [-0.05, 0) is 36.2 Å². The highest BCUT2D eigenvalue weighted by Gasteiger charge is 2.13. The van der Waals surface area contributed by atoms with E-state index in [1.165, 1.54) is 17.9 Å². The van der Waals surface area contributed by atoms with Gasteiger partial charge < -0.3 is 10.2 Å². The molecule has 0 unspecified atom stereocenters. The number of amides is 2. The van der Waals surface area contributed by atoms with Gasteiger partial charge in [-0.2, -0.15) is 0 Å². The SMILES string of the molecule is CC(=O)N(CCC(=O)NCCc1ccccc1F)c1cccc(Cl)c1. The predicted octanol–water partition coefficient (Wildman–Crippen LogP) is 3.58. The molecule has 0 saturated carbocycles. The number of hydrogen-bond donors (Lipinski definition) is 1. The van der Waals surface area contributed by atoms with Crippen molar-refractivity contribution in [3.05, 3.63) is 64.9 Å². The Morgan fingerprint density at radius 3 is 2.60 bits per heavy atom. The number of carbonyl (C=O) groups is 2. The maximum Gasteiger partial charge on any atom is 0.223 e. The molecule has 6 heteroatoms. The van der Waals surface area contributed by atoms with E-state index in [1.807, 2.05) is 0 Å². The van der Waals surface area contributed by atoms with Crippen molar-refractivity contribution in [2.24, 2.45) is 0 Å². The molecule has 2 amide bonds. The van der Waals surface area contributed by atoms with Gasteiger partial charge in [0.2, 0.25) is 11.8 Å². The summed E-state index contributed by atoms with van der Waals surface area (Å²) < 4.78 is 13.5. The van der Waals surface area contributed by atoms with E-state index >= 15 is 0 Å². The molecular weight excluding hydrogens is 343 g/mol. The Hall–Kier alpha value is -2.40. The first kappa shape index (κ1) is 18.9. The lowest BCUT2D eigenvalue weighted by Crippen LogP contribution is -2.34. The molecule has 132 valence electrons. The van der Waals surface area contributed by atoms with Crippen LogP contribution in [0.15, 0.2) is 48.5 Å². The zero-order valence-corrected chi connectivity index (χ0v) is 14.7. The minimum absolute atomic E-state index is 0.156. The summed E-state index contributed by atoms with van der Waals surface area (Å²) in [4.78, 5) is 25.3. The van der Waals surface area contributed by atoms with Crippen LogP contribution in [0.5, 0.6) is 0 Å². The lowest BCUT2D eigenvalue weighted by molar-refractivity contribution is -0.121. The molecule has 0 saturated heterocycles. The van der Waals surface area contributed by atoms with Crippen LogP contribution in [0.3, 0.4) is 0 Å². The van der Waals surface area contributed by atoms with Crippen LogP contribution >= 0.6 is 11.6 Å². The first-order valence-electron chi connectivity index (χ1n) is 8.01. The van der Waals surface area contributed by atoms with Gasteiger partial charge in [-0.15, -0.1) is 0 Å². The molecule has 2 aromatic carbocycles. The third-order valence-electron chi connectivity index (χ3n) is 3.74. The van der Waals surface area contributed by atoms with Crippen molar-refractivity contribution in [1.82, 2.24) is 5.32 Å². The molecule has 0 bridgehead atoms. The highest BCUT2D eigenvalue weighted by molar-refractivity contribution is 6.30. The van der Waals surface area contributed by atoms with Gasteiger partial charge in [0, 0.05) is 37.1 Å². The number of nitrogens with zero attached hydrogens (tertiary/aromatic N) is 1. The molecule has 1 N–H and O–H groups in total. The maximum absolute atomic E-state index is 13.5. The summed E-state index contributed by atoms with van der Waals surface area (Å²) in [7, 11) is 0. The zero-order valence-electron chi connectivity index (χ0n) is 14.0. The predicted molar refractivity (Wildman–Crippen MR) is 97.2 cm³/mol. The van der Waals surface area contributed by atoms with Crippen molar-refractivity contribution in [3.8, 4) is 0 Å². The molecule has 0 aliphatic rings. The van der Waals surface area contributed by atoms with Gasteiger partial charge in [0.15, 0.2) is 0 Å². The Morgan fingerprint density at radius 1 is 1.16 bits per heavy atom. The second-order valence-corrected chi connectivity index (χ2v) is 6.03. The van der Waals surface area contributed by atoms with E-state index in [2.05, 4.69) is 5.32 Å². The van der Waals surface area contributed by atoms with E-state index in [9.17, 15) is 14.0 Å². The Labute approximate surface area is 151 Å². The molecule has 0 atom stereocenters. The first-order valence-corrected chi connectivity index (χ1v) is 8.39. The zero-order chi connectivity index (χ0) is 18.2. The van der Waals surface area contributed by atoms with Crippen molar-refractivity contribution in [2.75, 3.05) is 18.0 Å². The van der Waals surface area contributed by atoms with E-state index in [-0.39, 0.29) is 30.6 Å². The van der Waals surface area contributed by atoms with Crippen molar-refractivity contribution < 1.29 is 14.0 Å². The number of halogens is 2. The molecule has 0 fully saturated rings. The van der Waals surface area contributed by atoms with Gasteiger partial charge in [-0.25, -0.2) is 4.39 Å². The smallest absolute Gasteiger partial charge is 0.223 e. The second-order valence-electron chi connectivity index (χ2n) is 5.59. The maximum atomic E-state index is 13.5. The van der Waals surface area contributed by atoms with E-state index in [1.54, 1.807) is 42.5 Å². The summed E-state index contributed by atoms with van der Waals surface area (Å²) in [6.07, 6.45) is 0.576. The van der Waals surface area contributed by atoms with Crippen molar-refractivity contribution >= 4 is 29.1 Å². The molecule has 0 aromatic heterocycles.